The molecule has 0 aromatic carbocycles. The second-order valence-corrected chi connectivity index (χ2v) is 3.37. The summed E-state index contributed by atoms with van der Waals surface area (Å²) in [6.07, 6.45) is -0.0910. The number of aryl methyl sites for hydroxylation is 1. The lowest BCUT2D eigenvalue weighted by atomic mass is 10.5. The van der Waals surface area contributed by atoms with Gasteiger partial charge in [-0.05, 0) is 13.8 Å². The highest BCUT2D eigenvalue weighted by Crippen LogP contribution is 1.94. The molecule has 0 radical (unpaired) electrons. The van der Waals surface area contributed by atoms with E-state index in [2.05, 4.69) is 15.5 Å². The van der Waals surface area contributed by atoms with Crippen molar-refractivity contribution in [1.82, 2.24) is 15.5 Å². The quantitative estimate of drug-likeness (QED) is 0.714. The Hall–Kier alpha value is -1.43. The van der Waals surface area contributed by atoms with E-state index in [9.17, 15) is 4.79 Å². The monoisotopic (exact) mass is 213 g/mol. The summed E-state index contributed by atoms with van der Waals surface area (Å²) in [5, 5.41) is 6.53. The van der Waals surface area contributed by atoms with Crippen LogP contribution in [0.15, 0.2) is 4.52 Å². The Bertz CT molecular complexity index is 322. The molecule has 0 aliphatic rings. The van der Waals surface area contributed by atoms with Crippen molar-refractivity contribution in [2.75, 3.05) is 6.54 Å². The van der Waals surface area contributed by atoms with Gasteiger partial charge in [0.25, 0.3) is 0 Å². The average Bonchev–Trinajstić information content (AvgIpc) is 2.50. The fraction of sp³-hybridized carbons (Fsp3) is 0.667. The van der Waals surface area contributed by atoms with E-state index in [4.69, 9.17) is 9.26 Å². The number of carbonyl (C=O) groups is 1. The van der Waals surface area contributed by atoms with Crippen LogP contribution >= 0.6 is 0 Å². The lowest BCUT2D eigenvalue weighted by Crippen LogP contribution is -2.26. The summed E-state index contributed by atoms with van der Waals surface area (Å²) in [5.41, 5.74) is 0. The summed E-state index contributed by atoms with van der Waals surface area (Å²) in [6.45, 7) is 5.86. The van der Waals surface area contributed by atoms with Crippen LogP contribution in [0.25, 0.3) is 0 Å². The lowest BCUT2D eigenvalue weighted by Gasteiger charge is -2.07. The van der Waals surface area contributed by atoms with Gasteiger partial charge in [-0.15, -0.1) is 0 Å². The molecule has 1 aromatic heterocycles. The fourth-order valence-electron chi connectivity index (χ4n) is 0.994. The SMILES string of the molecule is Cc1nc(CNCC(=O)OC(C)C)no1. The molecule has 0 amide bonds. The normalized spacial score (nSPS) is 10.7. The van der Waals surface area contributed by atoms with Crippen molar-refractivity contribution in [2.24, 2.45) is 0 Å². The zero-order chi connectivity index (χ0) is 11.3. The van der Waals surface area contributed by atoms with Crippen molar-refractivity contribution in [3.8, 4) is 0 Å². The maximum Gasteiger partial charge on any atom is 0.320 e. The molecule has 0 unspecified atom stereocenters. The third-order valence-corrected chi connectivity index (χ3v) is 1.49. The molecule has 0 atom stereocenters. The Kier molecular flexibility index (Phi) is 4.23. The summed E-state index contributed by atoms with van der Waals surface area (Å²) < 4.78 is 9.70. The molecule has 0 aliphatic heterocycles. The molecule has 6 heteroatoms. The van der Waals surface area contributed by atoms with Gasteiger partial charge in [0.05, 0.1) is 19.2 Å². The molecule has 0 saturated heterocycles. The van der Waals surface area contributed by atoms with Gasteiger partial charge in [0.1, 0.15) is 0 Å². The van der Waals surface area contributed by atoms with E-state index in [1.54, 1.807) is 20.8 Å². The van der Waals surface area contributed by atoms with Crippen molar-refractivity contribution in [3.05, 3.63) is 11.7 Å². The highest BCUT2D eigenvalue weighted by Gasteiger charge is 2.06. The predicted octanol–water partition coefficient (Wildman–Crippen LogP) is 0.419. The molecule has 1 aromatic rings. The number of hydrogen-bond donors (Lipinski definition) is 1. The first-order chi connectivity index (χ1) is 7.08. The van der Waals surface area contributed by atoms with Crippen LogP contribution in [-0.2, 0) is 16.1 Å². The molecule has 1 heterocycles. The highest BCUT2D eigenvalue weighted by molar-refractivity contribution is 5.71. The maximum absolute atomic E-state index is 11.1. The van der Waals surface area contributed by atoms with E-state index in [1.807, 2.05) is 0 Å². The summed E-state index contributed by atoms with van der Waals surface area (Å²) >= 11 is 0. The molecule has 0 bridgehead atoms. The van der Waals surface area contributed by atoms with Gasteiger partial charge in [0, 0.05) is 6.92 Å². The molecular formula is C9H15N3O3. The van der Waals surface area contributed by atoms with E-state index in [1.165, 1.54) is 0 Å². The van der Waals surface area contributed by atoms with Crippen LogP contribution < -0.4 is 5.32 Å². The summed E-state index contributed by atoms with van der Waals surface area (Å²) in [7, 11) is 0. The Labute approximate surface area is 88.0 Å². The predicted molar refractivity (Wildman–Crippen MR) is 52.0 cm³/mol. The third-order valence-electron chi connectivity index (χ3n) is 1.49. The minimum atomic E-state index is -0.287. The summed E-state index contributed by atoms with van der Waals surface area (Å²) in [4.78, 5) is 15.1. The van der Waals surface area contributed by atoms with Gasteiger partial charge in [0.15, 0.2) is 5.82 Å². The third kappa shape index (κ3) is 4.55. The maximum atomic E-state index is 11.1. The van der Waals surface area contributed by atoms with Crippen LogP contribution in [0.4, 0.5) is 0 Å². The minimum absolute atomic E-state index is 0.0910. The van der Waals surface area contributed by atoms with Gasteiger partial charge in [-0.1, -0.05) is 5.16 Å². The molecule has 6 nitrogen and oxygen atoms in total. The molecule has 1 N–H and O–H groups in total. The molecule has 1 rings (SSSR count). The van der Waals surface area contributed by atoms with Gasteiger partial charge in [-0.2, -0.15) is 4.98 Å². The number of nitrogens with zero attached hydrogens (tertiary/aromatic N) is 2. The number of ether oxygens (including phenoxy) is 1. The molecular weight excluding hydrogens is 198 g/mol. The van der Waals surface area contributed by atoms with Crippen LogP contribution in [-0.4, -0.2) is 28.8 Å². The van der Waals surface area contributed by atoms with Gasteiger partial charge in [-0.3, -0.25) is 10.1 Å². The minimum Gasteiger partial charge on any atom is -0.462 e. The van der Waals surface area contributed by atoms with Crippen molar-refractivity contribution in [3.63, 3.8) is 0 Å². The molecule has 0 fully saturated rings. The smallest absolute Gasteiger partial charge is 0.320 e. The number of hydrogen-bond acceptors (Lipinski definition) is 6. The van der Waals surface area contributed by atoms with Crippen molar-refractivity contribution in [1.29, 1.82) is 0 Å². The Balaban J connectivity index is 2.19. The first-order valence-corrected chi connectivity index (χ1v) is 4.77. The van der Waals surface area contributed by atoms with Gasteiger partial charge >= 0.3 is 5.97 Å². The fourth-order valence-corrected chi connectivity index (χ4v) is 0.994. The Morgan fingerprint density at radius 2 is 2.33 bits per heavy atom. The van der Waals surface area contributed by atoms with Crippen LogP contribution in [0.3, 0.4) is 0 Å². The summed E-state index contributed by atoms with van der Waals surface area (Å²) in [5.74, 6) is 0.756. The number of rotatable bonds is 5. The lowest BCUT2D eigenvalue weighted by molar-refractivity contribution is -0.146. The van der Waals surface area contributed by atoms with E-state index in [0.717, 1.165) is 0 Å². The number of esters is 1. The Morgan fingerprint density at radius 1 is 1.60 bits per heavy atom. The molecule has 0 spiro atoms. The molecule has 15 heavy (non-hydrogen) atoms. The van der Waals surface area contributed by atoms with Crippen molar-refractivity contribution in [2.45, 2.75) is 33.4 Å². The first kappa shape index (κ1) is 11.6. The Morgan fingerprint density at radius 3 is 2.87 bits per heavy atom. The van der Waals surface area contributed by atoms with Crippen LogP contribution in [0.5, 0.6) is 0 Å². The van der Waals surface area contributed by atoms with E-state index in [-0.39, 0.29) is 18.6 Å². The molecule has 84 valence electrons. The second-order valence-electron chi connectivity index (χ2n) is 3.37. The van der Waals surface area contributed by atoms with Crippen LogP contribution in [0.2, 0.25) is 0 Å². The zero-order valence-corrected chi connectivity index (χ0v) is 9.11. The van der Waals surface area contributed by atoms with Crippen molar-refractivity contribution < 1.29 is 14.1 Å². The van der Waals surface area contributed by atoms with Crippen LogP contribution in [0.1, 0.15) is 25.6 Å². The number of nitrogens with one attached hydrogen (secondary N) is 1. The average molecular weight is 213 g/mol. The topological polar surface area (TPSA) is 77.2 Å². The summed E-state index contributed by atoms with van der Waals surface area (Å²) in [6, 6.07) is 0. The number of aromatic nitrogens is 2. The second kappa shape index (κ2) is 5.45. The number of carbonyl (C=O) groups excluding carboxylic acids is 1. The highest BCUT2D eigenvalue weighted by atomic mass is 16.5. The zero-order valence-electron chi connectivity index (χ0n) is 9.11. The van der Waals surface area contributed by atoms with E-state index in [0.29, 0.717) is 18.3 Å². The van der Waals surface area contributed by atoms with Gasteiger partial charge < -0.3 is 9.26 Å². The molecule has 0 saturated carbocycles. The van der Waals surface area contributed by atoms with E-state index >= 15 is 0 Å². The van der Waals surface area contributed by atoms with E-state index < -0.39 is 0 Å². The van der Waals surface area contributed by atoms with Crippen molar-refractivity contribution >= 4 is 5.97 Å². The molecule has 0 aliphatic carbocycles. The van der Waals surface area contributed by atoms with Crippen LogP contribution in [0, 0.1) is 6.92 Å². The standard InChI is InChI=1S/C9H15N3O3/c1-6(2)14-9(13)5-10-4-8-11-7(3)15-12-8/h6,10H,4-5H2,1-3H3. The van der Waals surface area contributed by atoms with Gasteiger partial charge in [-0.25, -0.2) is 0 Å². The van der Waals surface area contributed by atoms with Gasteiger partial charge in [0.2, 0.25) is 5.89 Å². The largest absolute Gasteiger partial charge is 0.462 e. The first-order valence-electron chi connectivity index (χ1n) is 4.77.